The number of allylic oxidation sites excluding steroid dienone is 3. The van der Waals surface area contributed by atoms with Crippen molar-refractivity contribution in [3.8, 4) is 5.75 Å². The molecule has 0 aromatic heterocycles. The Kier molecular flexibility index (Phi) is 4.39. The molecule has 2 aromatic carbocycles. The molecule has 5 heteroatoms. The van der Waals surface area contributed by atoms with Gasteiger partial charge in [0.25, 0.3) is 0 Å². The van der Waals surface area contributed by atoms with Gasteiger partial charge in [0.2, 0.25) is 0 Å². The Labute approximate surface area is 161 Å². The molecular weight excluding hydrogens is 368 g/mol. The molecule has 0 atom stereocenters. The van der Waals surface area contributed by atoms with E-state index in [1.54, 1.807) is 23.9 Å². The van der Waals surface area contributed by atoms with Gasteiger partial charge in [-0.25, -0.2) is 4.79 Å². The van der Waals surface area contributed by atoms with Crippen molar-refractivity contribution >= 4 is 34.9 Å². The molecule has 0 unspecified atom stereocenters. The topological polar surface area (TPSA) is 35.5 Å². The molecule has 2 aromatic rings. The van der Waals surface area contributed by atoms with E-state index in [1.807, 2.05) is 30.3 Å². The maximum atomic E-state index is 12.3. The van der Waals surface area contributed by atoms with Crippen LogP contribution in [0.25, 0.3) is 5.57 Å². The van der Waals surface area contributed by atoms with Crippen LogP contribution < -0.4 is 4.74 Å². The van der Waals surface area contributed by atoms with Gasteiger partial charge in [0.15, 0.2) is 0 Å². The van der Waals surface area contributed by atoms with Crippen LogP contribution in [0.2, 0.25) is 5.02 Å². The highest BCUT2D eigenvalue weighted by Gasteiger charge is 2.30. The van der Waals surface area contributed by atoms with Crippen molar-refractivity contribution in [2.75, 3.05) is 7.11 Å². The van der Waals surface area contributed by atoms with Gasteiger partial charge < -0.3 is 9.47 Å². The van der Waals surface area contributed by atoms with E-state index in [2.05, 4.69) is 12.7 Å². The van der Waals surface area contributed by atoms with Crippen LogP contribution in [0, 0.1) is 0 Å². The Hall–Kier alpha value is -2.43. The van der Waals surface area contributed by atoms with E-state index in [4.69, 9.17) is 21.1 Å². The van der Waals surface area contributed by atoms with E-state index in [1.165, 1.54) is 7.11 Å². The number of carbonyl (C=O) groups excluding carboxylic acids is 1. The number of fused-ring (bicyclic) bond motifs is 2. The zero-order chi connectivity index (χ0) is 18.3. The quantitative estimate of drug-likeness (QED) is 0.609. The summed E-state index contributed by atoms with van der Waals surface area (Å²) in [5.74, 6) is 1.08. The van der Waals surface area contributed by atoms with Gasteiger partial charge in [-0.15, -0.1) is 0 Å². The summed E-state index contributed by atoms with van der Waals surface area (Å²) >= 11 is 7.76. The molecule has 130 valence electrons. The van der Waals surface area contributed by atoms with Gasteiger partial charge in [-0.3, -0.25) is 0 Å². The highest BCUT2D eigenvalue weighted by atomic mass is 35.5. The van der Waals surface area contributed by atoms with Gasteiger partial charge in [0, 0.05) is 16.2 Å². The second-order valence-corrected chi connectivity index (χ2v) is 7.43. The van der Waals surface area contributed by atoms with Crippen LogP contribution in [-0.2, 0) is 4.74 Å². The van der Waals surface area contributed by atoms with E-state index in [-0.39, 0.29) is 0 Å². The van der Waals surface area contributed by atoms with Crippen LogP contribution in [0.4, 0.5) is 0 Å². The first-order valence-corrected chi connectivity index (χ1v) is 9.24. The van der Waals surface area contributed by atoms with E-state index in [0.29, 0.717) is 22.6 Å². The minimum absolute atomic E-state index is 0.400. The average molecular weight is 383 g/mol. The second kappa shape index (κ2) is 6.71. The summed E-state index contributed by atoms with van der Waals surface area (Å²) in [6, 6.07) is 13.1. The molecule has 4 rings (SSSR count). The first kappa shape index (κ1) is 17.0. The van der Waals surface area contributed by atoms with Crippen molar-refractivity contribution < 1.29 is 14.3 Å². The fraction of sp³-hybridized carbons (Fsp3) is 0.0952. The van der Waals surface area contributed by atoms with E-state index < -0.39 is 5.97 Å². The molecular formula is C21H15ClO3S. The fourth-order valence-electron chi connectivity index (χ4n) is 3.06. The van der Waals surface area contributed by atoms with Crippen LogP contribution in [0.5, 0.6) is 5.75 Å². The molecule has 2 aliphatic rings. The summed E-state index contributed by atoms with van der Waals surface area (Å²) in [6.07, 6.45) is 2.80. The molecule has 1 aliphatic heterocycles. The van der Waals surface area contributed by atoms with Gasteiger partial charge in [-0.1, -0.05) is 54.2 Å². The second-order valence-electron chi connectivity index (χ2n) is 5.91. The summed E-state index contributed by atoms with van der Waals surface area (Å²) in [7, 11) is 1.36. The van der Waals surface area contributed by atoms with Crippen LogP contribution in [0.1, 0.15) is 22.3 Å². The molecule has 26 heavy (non-hydrogen) atoms. The third kappa shape index (κ3) is 2.85. The largest absolute Gasteiger partial charge is 0.465 e. The number of rotatable bonds is 2. The number of carbonyl (C=O) groups is 1. The lowest BCUT2D eigenvalue weighted by Gasteiger charge is -2.28. The zero-order valence-electron chi connectivity index (χ0n) is 14.0. The normalized spacial score (nSPS) is 15.6. The number of hydrogen-bond donors (Lipinski definition) is 0. The average Bonchev–Trinajstić information content (AvgIpc) is 2.66. The maximum Gasteiger partial charge on any atom is 0.338 e. The van der Waals surface area contributed by atoms with Crippen LogP contribution in [-0.4, -0.2) is 13.1 Å². The van der Waals surface area contributed by atoms with Crippen molar-refractivity contribution in [2.45, 2.75) is 11.3 Å². The van der Waals surface area contributed by atoms with E-state index in [9.17, 15) is 4.79 Å². The number of para-hydroxylation sites is 1. The number of methoxy groups -OCH3 is 1. The number of halogens is 1. The number of hydrogen-bond acceptors (Lipinski definition) is 4. The maximum absolute atomic E-state index is 12.3. The molecule has 0 spiro atoms. The molecule has 0 saturated heterocycles. The third-order valence-electron chi connectivity index (χ3n) is 4.28. The lowest BCUT2D eigenvalue weighted by atomic mass is 9.89. The predicted molar refractivity (Wildman–Crippen MR) is 104 cm³/mol. The minimum Gasteiger partial charge on any atom is -0.465 e. The van der Waals surface area contributed by atoms with Gasteiger partial charge in [-0.05, 0) is 36.3 Å². The van der Waals surface area contributed by atoms with Crippen LogP contribution in [0.3, 0.4) is 0 Å². The molecule has 1 aliphatic carbocycles. The monoisotopic (exact) mass is 382 g/mol. The van der Waals surface area contributed by atoms with Crippen molar-refractivity contribution in [2.24, 2.45) is 0 Å². The Morgan fingerprint density at radius 2 is 2.08 bits per heavy atom. The van der Waals surface area contributed by atoms with Crippen LogP contribution >= 0.6 is 23.4 Å². The van der Waals surface area contributed by atoms with E-state index in [0.717, 1.165) is 32.5 Å². The summed E-state index contributed by atoms with van der Waals surface area (Å²) in [5, 5.41) is 0.473. The first-order chi connectivity index (χ1) is 12.6. The predicted octanol–water partition coefficient (Wildman–Crippen LogP) is 5.87. The molecule has 0 radical (unpaired) electrons. The highest BCUT2D eigenvalue weighted by molar-refractivity contribution is 8.03. The summed E-state index contributed by atoms with van der Waals surface area (Å²) in [6.45, 7) is 4.19. The molecule has 0 N–H and O–H groups in total. The standard InChI is InChI=1S/C21H15ClO3S/c1-12-7-10-18-20(25-16-5-3-4-6-17(16)26-18)19(12)14-9-8-13(22)11-15(14)21(23)24-2/h3-6,8-11H,1,7H2,2H3. The van der Waals surface area contributed by atoms with Gasteiger partial charge in [-0.2, -0.15) is 0 Å². The molecule has 1 heterocycles. The van der Waals surface area contributed by atoms with Gasteiger partial charge in [0.05, 0.1) is 22.5 Å². The zero-order valence-corrected chi connectivity index (χ0v) is 15.6. The Bertz CT molecular complexity index is 1000. The molecule has 0 bridgehead atoms. The van der Waals surface area contributed by atoms with Crippen molar-refractivity contribution in [3.63, 3.8) is 0 Å². The Morgan fingerprint density at radius 3 is 2.88 bits per heavy atom. The van der Waals surface area contributed by atoms with Crippen molar-refractivity contribution in [3.05, 3.63) is 87.5 Å². The number of benzene rings is 2. The number of esters is 1. The van der Waals surface area contributed by atoms with Crippen LogP contribution in [0.15, 0.2) is 76.3 Å². The number of thioether (sulfide) groups is 1. The lowest BCUT2D eigenvalue weighted by Crippen LogP contribution is -2.14. The first-order valence-electron chi connectivity index (χ1n) is 8.04. The Balaban J connectivity index is 1.93. The summed E-state index contributed by atoms with van der Waals surface area (Å²) in [4.78, 5) is 14.4. The van der Waals surface area contributed by atoms with Gasteiger partial charge >= 0.3 is 5.97 Å². The van der Waals surface area contributed by atoms with Crippen molar-refractivity contribution in [1.82, 2.24) is 0 Å². The minimum atomic E-state index is -0.441. The SMILES string of the molecule is C=C1CC=C2Sc3ccccc3OC2=C1c1ccc(Cl)cc1C(=O)OC. The van der Waals surface area contributed by atoms with Crippen molar-refractivity contribution in [1.29, 1.82) is 0 Å². The molecule has 0 fully saturated rings. The third-order valence-corrected chi connectivity index (χ3v) is 5.64. The lowest BCUT2D eigenvalue weighted by molar-refractivity contribution is 0.0600. The number of ether oxygens (including phenoxy) is 2. The molecule has 0 saturated carbocycles. The van der Waals surface area contributed by atoms with Gasteiger partial charge in [0.1, 0.15) is 11.5 Å². The highest BCUT2D eigenvalue weighted by Crippen LogP contribution is 2.50. The smallest absolute Gasteiger partial charge is 0.338 e. The summed E-state index contributed by atoms with van der Waals surface area (Å²) in [5.41, 5.74) is 2.82. The Morgan fingerprint density at radius 1 is 1.27 bits per heavy atom. The summed E-state index contributed by atoms with van der Waals surface area (Å²) < 4.78 is 11.2. The molecule has 3 nitrogen and oxygen atoms in total. The fourth-order valence-corrected chi connectivity index (χ4v) is 4.23. The van der Waals surface area contributed by atoms with E-state index >= 15 is 0 Å². The molecule has 0 amide bonds.